The zero-order valence-corrected chi connectivity index (χ0v) is 19.3. The fourth-order valence-electron chi connectivity index (χ4n) is 5.10. The number of benzene rings is 2. The topological polar surface area (TPSA) is 38.1 Å². The lowest BCUT2D eigenvalue weighted by molar-refractivity contribution is -0.138. The van der Waals surface area contributed by atoms with Gasteiger partial charge < -0.3 is 9.47 Å². The third-order valence-electron chi connectivity index (χ3n) is 7.11. The van der Waals surface area contributed by atoms with E-state index in [2.05, 4.69) is 4.98 Å². The molecule has 1 aliphatic carbocycles. The van der Waals surface area contributed by atoms with E-state index in [9.17, 15) is 18.0 Å². The van der Waals surface area contributed by atoms with Crippen molar-refractivity contribution in [2.75, 3.05) is 13.1 Å². The smallest absolute Gasteiger partial charge is 0.342 e. The molecule has 0 bridgehead atoms. The summed E-state index contributed by atoms with van der Waals surface area (Å²) in [6.45, 7) is 1.35. The van der Waals surface area contributed by atoms with Crippen LogP contribution in [0, 0.1) is 0 Å². The van der Waals surface area contributed by atoms with E-state index in [1.165, 1.54) is 12.1 Å². The minimum Gasteiger partial charge on any atom is -0.342 e. The monoisotopic (exact) mass is 487 g/mol. The molecule has 1 saturated heterocycles. The van der Waals surface area contributed by atoms with Crippen LogP contribution in [0.3, 0.4) is 0 Å². The van der Waals surface area contributed by atoms with Crippen molar-refractivity contribution >= 4 is 17.5 Å². The van der Waals surface area contributed by atoms with Crippen molar-refractivity contribution in [1.82, 2.24) is 14.5 Å². The molecule has 0 atom stereocenters. The van der Waals surface area contributed by atoms with Gasteiger partial charge in [0.15, 0.2) is 0 Å². The molecule has 8 heteroatoms. The largest absolute Gasteiger partial charge is 0.416 e. The summed E-state index contributed by atoms with van der Waals surface area (Å²) in [4.78, 5) is 19.8. The minimum atomic E-state index is -4.40. The van der Waals surface area contributed by atoms with Gasteiger partial charge in [-0.15, -0.1) is 0 Å². The Morgan fingerprint density at radius 3 is 2.38 bits per heavy atom. The van der Waals surface area contributed by atoms with Crippen molar-refractivity contribution in [2.45, 2.75) is 49.7 Å². The van der Waals surface area contributed by atoms with Gasteiger partial charge in [-0.1, -0.05) is 41.9 Å². The molecule has 1 aliphatic heterocycles. The van der Waals surface area contributed by atoms with E-state index in [-0.39, 0.29) is 23.9 Å². The first kappa shape index (κ1) is 23.0. The Balaban J connectivity index is 1.27. The molecule has 2 heterocycles. The maximum Gasteiger partial charge on any atom is 0.416 e. The maximum absolute atomic E-state index is 13.4. The highest BCUT2D eigenvalue weighted by atomic mass is 35.5. The zero-order chi connectivity index (χ0) is 23.9. The Morgan fingerprint density at radius 2 is 1.74 bits per heavy atom. The van der Waals surface area contributed by atoms with Crippen LogP contribution in [0.25, 0.3) is 0 Å². The SMILES string of the molecule is O=C(N1CCC(c2nccn2Cc2ccccc2C(F)(F)F)CC1)C1(c2ccc(Cl)cc2)CC1. The highest BCUT2D eigenvalue weighted by Gasteiger charge is 2.53. The molecular formula is C26H25ClF3N3O. The lowest BCUT2D eigenvalue weighted by Crippen LogP contribution is -2.44. The fourth-order valence-corrected chi connectivity index (χ4v) is 5.22. The van der Waals surface area contributed by atoms with E-state index in [1.54, 1.807) is 18.5 Å². The third kappa shape index (κ3) is 4.33. The quantitative estimate of drug-likeness (QED) is 0.440. The molecule has 2 fully saturated rings. The number of likely N-dealkylation sites (tertiary alicyclic amines) is 1. The average Bonchev–Trinajstić information content (AvgIpc) is 3.51. The van der Waals surface area contributed by atoms with Gasteiger partial charge in [-0.05, 0) is 55.0 Å². The molecule has 34 heavy (non-hydrogen) atoms. The second kappa shape index (κ2) is 8.77. The van der Waals surface area contributed by atoms with Crippen LogP contribution in [0.2, 0.25) is 5.02 Å². The number of hydrogen-bond acceptors (Lipinski definition) is 2. The average molecular weight is 488 g/mol. The van der Waals surface area contributed by atoms with Crippen molar-refractivity contribution in [3.63, 3.8) is 0 Å². The molecule has 4 nitrogen and oxygen atoms in total. The number of hydrogen-bond donors (Lipinski definition) is 0. The molecular weight excluding hydrogens is 463 g/mol. The second-order valence-corrected chi connectivity index (χ2v) is 9.66. The van der Waals surface area contributed by atoms with E-state index >= 15 is 0 Å². The predicted molar refractivity (Wildman–Crippen MR) is 124 cm³/mol. The van der Waals surface area contributed by atoms with Gasteiger partial charge in [0.1, 0.15) is 5.82 Å². The first-order chi connectivity index (χ1) is 16.3. The molecule has 1 amide bonds. The van der Waals surface area contributed by atoms with Crippen LogP contribution >= 0.6 is 11.6 Å². The summed E-state index contributed by atoms with van der Waals surface area (Å²) in [6, 6.07) is 13.2. The first-order valence-corrected chi connectivity index (χ1v) is 11.9. The molecule has 0 spiro atoms. The molecule has 0 N–H and O–H groups in total. The standard InChI is InChI=1S/C26H25ClF3N3O/c27-21-7-5-20(6-8-21)25(11-12-25)24(34)32-14-9-18(10-15-32)23-31-13-16-33(23)17-19-3-1-2-4-22(19)26(28,29)30/h1-8,13,16,18H,9-12,14-15,17H2. The lowest BCUT2D eigenvalue weighted by atomic mass is 9.91. The van der Waals surface area contributed by atoms with Crippen LogP contribution in [-0.2, 0) is 22.9 Å². The maximum atomic E-state index is 13.4. The third-order valence-corrected chi connectivity index (χ3v) is 7.37. The second-order valence-electron chi connectivity index (χ2n) is 9.22. The number of nitrogens with zero attached hydrogens (tertiary/aromatic N) is 3. The predicted octanol–water partition coefficient (Wildman–Crippen LogP) is 6.04. The summed E-state index contributed by atoms with van der Waals surface area (Å²) >= 11 is 6.01. The number of piperidine rings is 1. The number of imidazole rings is 1. The number of carbonyl (C=O) groups excluding carboxylic acids is 1. The normalized spacial score (nSPS) is 18.2. The molecule has 2 aromatic carbocycles. The fraction of sp³-hybridized carbons (Fsp3) is 0.385. The number of amides is 1. The van der Waals surface area contributed by atoms with Crippen LogP contribution in [0.5, 0.6) is 0 Å². The summed E-state index contributed by atoms with van der Waals surface area (Å²) in [7, 11) is 0. The number of rotatable bonds is 5. The summed E-state index contributed by atoms with van der Waals surface area (Å²) in [5.74, 6) is 1.04. The Labute approximate surface area is 201 Å². The molecule has 0 radical (unpaired) electrons. The number of alkyl halides is 3. The van der Waals surface area contributed by atoms with Gasteiger partial charge in [-0.25, -0.2) is 4.98 Å². The lowest BCUT2D eigenvalue weighted by Gasteiger charge is -2.34. The Hall–Kier alpha value is -2.80. The van der Waals surface area contributed by atoms with Gasteiger partial charge in [-0.2, -0.15) is 13.2 Å². The van der Waals surface area contributed by atoms with Gasteiger partial charge >= 0.3 is 6.18 Å². The molecule has 1 aromatic heterocycles. The van der Waals surface area contributed by atoms with Crippen LogP contribution in [0.4, 0.5) is 13.2 Å². The van der Waals surface area contributed by atoms with E-state index in [0.717, 1.165) is 43.1 Å². The van der Waals surface area contributed by atoms with Crippen LogP contribution in [0.1, 0.15) is 54.1 Å². The number of halogens is 4. The summed E-state index contributed by atoms with van der Waals surface area (Å²) in [6.07, 6.45) is 2.14. The molecule has 1 saturated carbocycles. The van der Waals surface area contributed by atoms with E-state index in [1.807, 2.05) is 33.7 Å². The molecule has 3 aromatic rings. The molecule has 0 unspecified atom stereocenters. The van der Waals surface area contributed by atoms with Crippen LogP contribution < -0.4 is 0 Å². The number of carbonyl (C=O) groups is 1. The summed E-state index contributed by atoms with van der Waals surface area (Å²) in [5, 5.41) is 0.654. The summed E-state index contributed by atoms with van der Waals surface area (Å²) in [5.41, 5.74) is 0.187. The molecule has 2 aliphatic rings. The number of aromatic nitrogens is 2. The van der Waals surface area contributed by atoms with Gasteiger partial charge in [0.2, 0.25) is 5.91 Å². The highest BCUT2D eigenvalue weighted by molar-refractivity contribution is 6.30. The van der Waals surface area contributed by atoms with Crippen molar-refractivity contribution in [2.24, 2.45) is 0 Å². The van der Waals surface area contributed by atoms with Crippen molar-refractivity contribution in [3.05, 3.63) is 88.5 Å². The van der Waals surface area contributed by atoms with Gasteiger partial charge in [0, 0.05) is 43.0 Å². The van der Waals surface area contributed by atoms with Gasteiger partial charge in [0.25, 0.3) is 0 Å². The minimum absolute atomic E-state index is 0.0998. The summed E-state index contributed by atoms with van der Waals surface area (Å²) < 4.78 is 42.1. The van der Waals surface area contributed by atoms with E-state index in [0.29, 0.717) is 18.1 Å². The van der Waals surface area contributed by atoms with E-state index in [4.69, 9.17) is 11.6 Å². The highest BCUT2D eigenvalue weighted by Crippen LogP contribution is 2.50. The van der Waals surface area contributed by atoms with Gasteiger partial charge in [0.05, 0.1) is 11.0 Å². The van der Waals surface area contributed by atoms with Crippen molar-refractivity contribution in [1.29, 1.82) is 0 Å². The molecule has 5 rings (SSSR count). The zero-order valence-electron chi connectivity index (χ0n) is 18.6. The van der Waals surface area contributed by atoms with Gasteiger partial charge in [-0.3, -0.25) is 4.79 Å². The van der Waals surface area contributed by atoms with Crippen molar-refractivity contribution < 1.29 is 18.0 Å². The Morgan fingerprint density at radius 1 is 1.06 bits per heavy atom. The Kier molecular flexibility index (Phi) is 5.92. The van der Waals surface area contributed by atoms with E-state index < -0.39 is 17.2 Å². The Bertz CT molecular complexity index is 1180. The van der Waals surface area contributed by atoms with Crippen LogP contribution in [-0.4, -0.2) is 33.4 Å². The van der Waals surface area contributed by atoms with Crippen molar-refractivity contribution in [3.8, 4) is 0 Å². The molecule has 178 valence electrons. The first-order valence-electron chi connectivity index (χ1n) is 11.5. The van der Waals surface area contributed by atoms with Crippen LogP contribution in [0.15, 0.2) is 60.9 Å².